The average molecular weight is 943 g/mol. The molecule has 0 aliphatic carbocycles. The molecule has 0 saturated carbocycles. The molecule has 0 N–H and O–H groups in total. The zero-order valence-electron chi connectivity index (χ0n) is 44.1. The van der Waals surface area contributed by atoms with Gasteiger partial charge in [-0.1, -0.05) is 226 Å². The van der Waals surface area contributed by atoms with Crippen LogP contribution in [0.25, 0.3) is 0 Å². The number of rotatable bonds is 49. The number of hydrogen-bond acceptors (Lipinski definition) is 6. The van der Waals surface area contributed by atoms with Crippen LogP contribution in [0.2, 0.25) is 0 Å². The van der Waals surface area contributed by atoms with Gasteiger partial charge in [0.05, 0.1) is 0 Å². The van der Waals surface area contributed by atoms with Crippen LogP contribution in [0.4, 0.5) is 0 Å². The van der Waals surface area contributed by atoms with Crippen LogP contribution in [0.3, 0.4) is 0 Å². The Hall–Kier alpha value is -3.93. The fraction of sp³-hybridized carbons (Fsp3) is 0.661. The summed E-state index contributed by atoms with van der Waals surface area (Å²) in [5.41, 5.74) is 0. The second-order valence-corrected chi connectivity index (χ2v) is 18.1. The molecule has 0 radical (unpaired) electrons. The molecule has 68 heavy (non-hydrogen) atoms. The molecule has 6 nitrogen and oxygen atoms in total. The van der Waals surface area contributed by atoms with Gasteiger partial charge in [-0.15, -0.1) is 0 Å². The number of ether oxygens (including phenoxy) is 3. The third kappa shape index (κ3) is 53.0. The second-order valence-electron chi connectivity index (χ2n) is 18.1. The van der Waals surface area contributed by atoms with Crippen molar-refractivity contribution in [2.45, 2.75) is 252 Å². The highest BCUT2D eigenvalue weighted by Gasteiger charge is 2.19. The van der Waals surface area contributed by atoms with E-state index in [1.807, 2.05) is 12.2 Å². The number of allylic oxidation sites excluding steroid dienone is 18. The molecule has 0 bridgehead atoms. The van der Waals surface area contributed by atoms with E-state index in [-0.39, 0.29) is 37.5 Å². The van der Waals surface area contributed by atoms with E-state index in [2.05, 4.69) is 118 Å². The Balaban J connectivity index is 4.42. The van der Waals surface area contributed by atoms with Gasteiger partial charge in [0.1, 0.15) is 13.2 Å². The van der Waals surface area contributed by atoms with Crippen LogP contribution >= 0.6 is 0 Å². The third-order valence-electron chi connectivity index (χ3n) is 11.5. The number of carbonyl (C=O) groups is 3. The smallest absolute Gasteiger partial charge is 0.306 e. The molecule has 0 aromatic heterocycles. The van der Waals surface area contributed by atoms with Crippen molar-refractivity contribution in [2.75, 3.05) is 13.2 Å². The molecule has 0 rings (SSSR count). The first-order valence-corrected chi connectivity index (χ1v) is 27.9. The van der Waals surface area contributed by atoms with E-state index in [0.29, 0.717) is 19.3 Å². The SMILES string of the molecule is CC/C=C\C/C=C\C/C=C\C/C=C\CCC(=O)OCC(COC(=O)CCCCCCCCCC/C=C\C/C=C\C/C=C\CCCCCCC)OC(=O)CCCCCCC/C=C\C/C=C\CCCC. The van der Waals surface area contributed by atoms with Crippen molar-refractivity contribution in [1.82, 2.24) is 0 Å². The minimum atomic E-state index is -0.819. The maximum absolute atomic E-state index is 12.8. The summed E-state index contributed by atoms with van der Waals surface area (Å²) >= 11 is 0. The number of esters is 3. The molecule has 0 spiro atoms. The maximum atomic E-state index is 12.8. The lowest BCUT2D eigenvalue weighted by Gasteiger charge is -2.18. The minimum Gasteiger partial charge on any atom is -0.462 e. The van der Waals surface area contributed by atoms with E-state index in [4.69, 9.17) is 14.2 Å². The zero-order chi connectivity index (χ0) is 49.3. The van der Waals surface area contributed by atoms with Crippen LogP contribution in [0.1, 0.15) is 245 Å². The number of unbranched alkanes of at least 4 members (excludes halogenated alkanes) is 20. The predicted octanol–water partition coefficient (Wildman–Crippen LogP) is 18.7. The Kier molecular flexibility index (Phi) is 52.4. The summed E-state index contributed by atoms with van der Waals surface area (Å²) in [5, 5.41) is 0. The van der Waals surface area contributed by atoms with E-state index in [1.54, 1.807) is 0 Å². The van der Waals surface area contributed by atoms with Gasteiger partial charge in [0.15, 0.2) is 6.10 Å². The van der Waals surface area contributed by atoms with Crippen molar-refractivity contribution >= 4 is 17.9 Å². The molecule has 0 aliphatic rings. The van der Waals surface area contributed by atoms with Crippen LogP contribution < -0.4 is 0 Å². The Morgan fingerprint density at radius 1 is 0.309 bits per heavy atom. The first-order chi connectivity index (χ1) is 33.5. The highest BCUT2D eigenvalue weighted by atomic mass is 16.6. The summed E-state index contributed by atoms with van der Waals surface area (Å²) in [4.78, 5) is 38.0. The Morgan fingerprint density at radius 3 is 1.03 bits per heavy atom. The van der Waals surface area contributed by atoms with Crippen LogP contribution in [-0.4, -0.2) is 37.2 Å². The van der Waals surface area contributed by atoms with E-state index >= 15 is 0 Å². The predicted molar refractivity (Wildman–Crippen MR) is 293 cm³/mol. The van der Waals surface area contributed by atoms with Gasteiger partial charge in [-0.05, 0) is 109 Å². The summed E-state index contributed by atoms with van der Waals surface area (Å²) in [6.07, 6.45) is 75.2. The molecular weight excluding hydrogens is 841 g/mol. The molecule has 0 heterocycles. The summed E-state index contributed by atoms with van der Waals surface area (Å²) < 4.78 is 16.7. The molecule has 0 fully saturated rings. The van der Waals surface area contributed by atoms with E-state index in [9.17, 15) is 14.4 Å². The summed E-state index contributed by atoms with van der Waals surface area (Å²) in [5.74, 6) is -1.02. The van der Waals surface area contributed by atoms with Crippen LogP contribution in [0.5, 0.6) is 0 Å². The Morgan fingerprint density at radius 2 is 0.618 bits per heavy atom. The summed E-state index contributed by atoms with van der Waals surface area (Å²) in [6, 6.07) is 0. The summed E-state index contributed by atoms with van der Waals surface area (Å²) in [7, 11) is 0. The highest BCUT2D eigenvalue weighted by molar-refractivity contribution is 5.71. The van der Waals surface area contributed by atoms with Crippen molar-refractivity contribution in [3.63, 3.8) is 0 Å². The van der Waals surface area contributed by atoms with Crippen LogP contribution in [-0.2, 0) is 28.6 Å². The van der Waals surface area contributed by atoms with E-state index < -0.39 is 6.10 Å². The molecule has 1 unspecified atom stereocenters. The monoisotopic (exact) mass is 943 g/mol. The lowest BCUT2D eigenvalue weighted by atomic mass is 10.1. The van der Waals surface area contributed by atoms with Gasteiger partial charge < -0.3 is 14.2 Å². The largest absolute Gasteiger partial charge is 0.462 e. The van der Waals surface area contributed by atoms with Gasteiger partial charge >= 0.3 is 17.9 Å². The minimum absolute atomic E-state index is 0.111. The first kappa shape index (κ1) is 64.1. The van der Waals surface area contributed by atoms with Crippen LogP contribution in [0.15, 0.2) is 109 Å². The van der Waals surface area contributed by atoms with Crippen LogP contribution in [0, 0.1) is 0 Å². The molecular formula is C62H102O6. The van der Waals surface area contributed by atoms with Gasteiger partial charge in [0.2, 0.25) is 0 Å². The zero-order valence-corrected chi connectivity index (χ0v) is 44.1. The molecule has 0 aromatic carbocycles. The second kappa shape index (κ2) is 55.7. The third-order valence-corrected chi connectivity index (χ3v) is 11.5. The van der Waals surface area contributed by atoms with Gasteiger partial charge in [-0.25, -0.2) is 0 Å². The molecule has 6 heteroatoms. The fourth-order valence-corrected chi connectivity index (χ4v) is 7.30. The maximum Gasteiger partial charge on any atom is 0.306 e. The highest BCUT2D eigenvalue weighted by Crippen LogP contribution is 2.14. The van der Waals surface area contributed by atoms with Crippen molar-refractivity contribution < 1.29 is 28.6 Å². The molecule has 0 amide bonds. The van der Waals surface area contributed by atoms with E-state index in [0.717, 1.165) is 109 Å². The lowest BCUT2D eigenvalue weighted by Crippen LogP contribution is -2.30. The van der Waals surface area contributed by atoms with Gasteiger partial charge in [0, 0.05) is 19.3 Å². The number of carbonyl (C=O) groups excluding carboxylic acids is 3. The quantitative estimate of drug-likeness (QED) is 0.0262. The van der Waals surface area contributed by atoms with Gasteiger partial charge in [-0.2, -0.15) is 0 Å². The van der Waals surface area contributed by atoms with Crippen molar-refractivity contribution in [3.05, 3.63) is 109 Å². The fourth-order valence-electron chi connectivity index (χ4n) is 7.30. The number of hydrogen-bond donors (Lipinski definition) is 0. The van der Waals surface area contributed by atoms with Gasteiger partial charge in [-0.3, -0.25) is 14.4 Å². The standard InChI is InChI=1S/C62H102O6/c1-4-7-10-13-16-19-22-25-27-28-29-30-31-32-33-34-35-38-40-43-46-49-52-55-61(64)67-58-59(57-66-60(63)54-51-48-45-42-39-36-24-21-18-15-12-9-6-3)68-62(65)56-53-50-47-44-41-37-26-23-20-17-14-11-8-5-2/h9,12,14,17-18,21-23,25-26,28-29,31-32,36,39,45,48,59H,4-8,10-11,13,15-16,19-20,24,27,30,33-35,37-38,40-44,46-47,49-58H2,1-3H3/b12-9-,17-14-,21-18-,25-22-,26-23-,29-28-,32-31-,39-36-,48-45-. The summed E-state index contributed by atoms with van der Waals surface area (Å²) in [6.45, 7) is 6.38. The molecule has 1 atom stereocenters. The lowest BCUT2D eigenvalue weighted by molar-refractivity contribution is -0.166. The Bertz CT molecular complexity index is 1410. The molecule has 0 aromatic rings. The molecule has 0 aliphatic heterocycles. The van der Waals surface area contributed by atoms with Crippen molar-refractivity contribution in [2.24, 2.45) is 0 Å². The first-order valence-electron chi connectivity index (χ1n) is 27.9. The topological polar surface area (TPSA) is 78.9 Å². The average Bonchev–Trinajstić information content (AvgIpc) is 3.34. The molecule has 386 valence electrons. The normalized spacial score (nSPS) is 12.9. The van der Waals surface area contributed by atoms with Crippen molar-refractivity contribution in [3.8, 4) is 0 Å². The Labute approximate surface area is 419 Å². The molecule has 0 saturated heterocycles. The van der Waals surface area contributed by atoms with Crippen molar-refractivity contribution in [1.29, 1.82) is 0 Å². The van der Waals surface area contributed by atoms with Gasteiger partial charge in [0.25, 0.3) is 0 Å². The van der Waals surface area contributed by atoms with E-state index in [1.165, 1.54) is 89.9 Å².